The van der Waals surface area contributed by atoms with Crippen LogP contribution in [0.5, 0.6) is 0 Å². The Kier molecular flexibility index (Phi) is 5.55. The molecule has 0 aliphatic heterocycles. The molecule has 0 radical (unpaired) electrons. The molecule has 0 aliphatic carbocycles. The molecular weight excluding hydrogens is 245 g/mol. The maximum atomic E-state index is 12.9. The number of halogens is 1. The van der Waals surface area contributed by atoms with Crippen molar-refractivity contribution in [3.8, 4) is 0 Å². The van der Waals surface area contributed by atoms with Crippen LogP contribution in [0.4, 0.5) is 10.1 Å². The lowest BCUT2D eigenvalue weighted by Gasteiger charge is -2.29. The summed E-state index contributed by atoms with van der Waals surface area (Å²) >= 11 is 0. The molecular formula is C15H20FNO2. The van der Waals surface area contributed by atoms with Crippen LogP contribution in [0, 0.1) is 5.82 Å². The molecule has 104 valence electrons. The molecule has 0 saturated heterocycles. The van der Waals surface area contributed by atoms with Crippen molar-refractivity contribution in [1.82, 2.24) is 0 Å². The highest BCUT2D eigenvalue weighted by Crippen LogP contribution is 2.22. The highest BCUT2D eigenvalue weighted by molar-refractivity contribution is 5.84. The van der Waals surface area contributed by atoms with E-state index in [1.165, 1.54) is 12.1 Å². The fourth-order valence-corrected chi connectivity index (χ4v) is 1.75. The molecule has 3 nitrogen and oxygen atoms in total. The Labute approximate surface area is 113 Å². The number of ether oxygens (including phenoxy) is 1. The number of rotatable bonds is 7. The molecule has 1 aromatic rings. The second-order valence-corrected chi connectivity index (χ2v) is 4.51. The molecule has 0 fully saturated rings. The van der Waals surface area contributed by atoms with Gasteiger partial charge < -0.3 is 10.1 Å². The van der Waals surface area contributed by atoms with Crippen molar-refractivity contribution in [3.63, 3.8) is 0 Å². The summed E-state index contributed by atoms with van der Waals surface area (Å²) in [5.41, 5.74) is -0.164. The van der Waals surface area contributed by atoms with Crippen molar-refractivity contribution in [2.75, 3.05) is 11.9 Å². The lowest BCUT2D eigenvalue weighted by atomic mass is 9.95. The van der Waals surface area contributed by atoms with Gasteiger partial charge in [-0.15, -0.1) is 6.58 Å². The predicted octanol–water partition coefficient (Wildman–Crippen LogP) is 3.53. The summed E-state index contributed by atoms with van der Waals surface area (Å²) in [5.74, 6) is -0.629. The van der Waals surface area contributed by atoms with Gasteiger partial charge >= 0.3 is 5.97 Å². The van der Waals surface area contributed by atoms with Crippen LogP contribution in [0.3, 0.4) is 0 Å². The Morgan fingerprint density at radius 2 is 2.11 bits per heavy atom. The molecule has 19 heavy (non-hydrogen) atoms. The zero-order chi connectivity index (χ0) is 14.3. The monoisotopic (exact) mass is 265 g/mol. The maximum absolute atomic E-state index is 12.9. The predicted molar refractivity (Wildman–Crippen MR) is 74.5 cm³/mol. The third kappa shape index (κ3) is 4.39. The van der Waals surface area contributed by atoms with Gasteiger partial charge in [0.05, 0.1) is 6.61 Å². The van der Waals surface area contributed by atoms with Crippen molar-refractivity contribution in [3.05, 3.63) is 42.7 Å². The number of esters is 1. The third-order valence-corrected chi connectivity index (χ3v) is 2.84. The van der Waals surface area contributed by atoms with Crippen LogP contribution in [-0.2, 0) is 9.53 Å². The first-order valence-corrected chi connectivity index (χ1v) is 6.33. The SMILES string of the molecule is C=CCCC(C)(Nc1ccc(F)cc1)C(=O)OCC. The summed E-state index contributed by atoms with van der Waals surface area (Å²) in [4.78, 5) is 12.0. The average molecular weight is 265 g/mol. The van der Waals surface area contributed by atoms with E-state index in [4.69, 9.17) is 4.74 Å². The van der Waals surface area contributed by atoms with Crippen LogP contribution in [0.1, 0.15) is 26.7 Å². The molecule has 1 N–H and O–H groups in total. The lowest BCUT2D eigenvalue weighted by Crippen LogP contribution is -2.44. The van der Waals surface area contributed by atoms with Crippen molar-refractivity contribution < 1.29 is 13.9 Å². The molecule has 0 spiro atoms. The molecule has 0 saturated carbocycles. The van der Waals surface area contributed by atoms with E-state index in [2.05, 4.69) is 11.9 Å². The van der Waals surface area contributed by atoms with E-state index in [0.717, 1.165) is 0 Å². The van der Waals surface area contributed by atoms with E-state index in [1.807, 2.05) is 0 Å². The number of carbonyl (C=O) groups is 1. The van der Waals surface area contributed by atoms with Gasteiger partial charge in [-0.2, -0.15) is 0 Å². The molecule has 0 aliphatic rings. The standard InChI is InChI=1S/C15H20FNO2/c1-4-6-11-15(3,14(18)19-5-2)17-13-9-7-12(16)8-10-13/h4,7-10,17H,1,5-6,11H2,2-3H3. The normalized spacial score (nSPS) is 13.4. The smallest absolute Gasteiger partial charge is 0.331 e. The summed E-state index contributed by atoms with van der Waals surface area (Å²) in [6.45, 7) is 7.53. The minimum atomic E-state index is -0.845. The first kappa shape index (κ1) is 15.2. The summed E-state index contributed by atoms with van der Waals surface area (Å²) in [7, 11) is 0. The Balaban J connectivity index is 2.86. The summed E-state index contributed by atoms with van der Waals surface area (Å²) in [6.07, 6.45) is 3.00. The van der Waals surface area contributed by atoms with Crippen molar-refractivity contribution >= 4 is 11.7 Å². The number of anilines is 1. The number of carbonyl (C=O) groups excluding carboxylic acids is 1. The molecule has 0 bridgehead atoms. The summed E-state index contributed by atoms with van der Waals surface area (Å²) < 4.78 is 18.0. The largest absolute Gasteiger partial charge is 0.464 e. The molecule has 0 heterocycles. The topological polar surface area (TPSA) is 38.3 Å². The second kappa shape index (κ2) is 6.92. The highest BCUT2D eigenvalue weighted by Gasteiger charge is 2.33. The summed E-state index contributed by atoms with van der Waals surface area (Å²) in [5, 5.41) is 3.11. The highest BCUT2D eigenvalue weighted by atomic mass is 19.1. The first-order valence-electron chi connectivity index (χ1n) is 6.33. The number of benzene rings is 1. The molecule has 1 aromatic carbocycles. The molecule has 1 rings (SSSR count). The van der Waals surface area contributed by atoms with Gasteiger partial charge in [0.2, 0.25) is 0 Å². The summed E-state index contributed by atoms with van der Waals surface area (Å²) in [6, 6.07) is 5.89. The maximum Gasteiger partial charge on any atom is 0.331 e. The molecule has 1 unspecified atom stereocenters. The van der Waals surface area contributed by atoms with Gasteiger partial charge in [0, 0.05) is 5.69 Å². The minimum Gasteiger partial charge on any atom is -0.464 e. The van der Waals surface area contributed by atoms with Gasteiger partial charge in [-0.05, 0) is 51.0 Å². The minimum absolute atomic E-state index is 0.311. The van der Waals surface area contributed by atoms with Crippen LogP contribution in [-0.4, -0.2) is 18.1 Å². The van der Waals surface area contributed by atoms with Crippen LogP contribution >= 0.6 is 0 Å². The van der Waals surface area contributed by atoms with Crippen molar-refractivity contribution in [1.29, 1.82) is 0 Å². The van der Waals surface area contributed by atoms with Crippen LogP contribution in [0.15, 0.2) is 36.9 Å². The fourth-order valence-electron chi connectivity index (χ4n) is 1.75. The Morgan fingerprint density at radius 3 is 2.63 bits per heavy atom. The van der Waals surface area contributed by atoms with Gasteiger partial charge in [-0.3, -0.25) is 0 Å². The quantitative estimate of drug-likeness (QED) is 0.605. The van der Waals surface area contributed by atoms with E-state index in [9.17, 15) is 9.18 Å². The van der Waals surface area contributed by atoms with Crippen molar-refractivity contribution in [2.24, 2.45) is 0 Å². The van der Waals surface area contributed by atoms with E-state index in [-0.39, 0.29) is 11.8 Å². The van der Waals surface area contributed by atoms with Gasteiger partial charge in [0.15, 0.2) is 0 Å². The van der Waals surface area contributed by atoms with Crippen LogP contribution in [0.25, 0.3) is 0 Å². The van der Waals surface area contributed by atoms with Gasteiger partial charge in [0.25, 0.3) is 0 Å². The van der Waals surface area contributed by atoms with Gasteiger partial charge in [-0.1, -0.05) is 6.08 Å². The molecule has 0 amide bonds. The third-order valence-electron chi connectivity index (χ3n) is 2.84. The van der Waals surface area contributed by atoms with E-state index in [0.29, 0.717) is 25.1 Å². The number of nitrogens with one attached hydrogen (secondary N) is 1. The van der Waals surface area contributed by atoms with Crippen molar-refractivity contribution in [2.45, 2.75) is 32.2 Å². The Hall–Kier alpha value is -1.84. The zero-order valence-corrected chi connectivity index (χ0v) is 11.4. The first-order chi connectivity index (χ1) is 9.01. The Bertz CT molecular complexity index is 430. The van der Waals surface area contributed by atoms with Gasteiger partial charge in [-0.25, -0.2) is 9.18 Å². The average Bonchev–Trinajstić information content (AvgIpc) is 2.39. The van der Waals surface area contributed by atoms with E-state index < -0.39 is 5.54 Å². The molecule has 0 aromatic heterocycles. The molecule has 4 heteroatoms. The number of hydrogen-bond donors (Lipinski definition) is 1. The Morgan fingerprint density at radius 1 is 1.47 bits per heavy atom. The number of allylic oxidation sites excluding steroid dienone is 1. The van der Waals surface area contributed by atoms with E-state index >= 15 is 0 Å². The molecule has 1 atom stereocenters. The fraction of sp³-hybridized carbons (Fsp3) is 0.400. The van der Waals surface area contributed by atoms with Crippen LogP contribution < -0.4 is 5.32 Å². The van der Waals surface area contributed by atoms with Gasteiger partial charge in [0.1, 0.15) is 11.4 Å². The lowest BCUT2D eigenvalue weighted by molar-refractivity contribution is -0.148. The number of hydrogen-bond acceptors (Lipinski definition) is 3. The second-order valence-electron chi connectivity index (χ2n) is 4.51. The van der Waals surface area contributed by atoms with E-state index in [1.54, 1.807) is 32.1 Å². The van der Waals surface area contributed by atoms with Crippen LogP contribution in [0.2, 0.25) is 0 Å². The zero-order valence-electron chi connectivity index (χ0n) is 11.4.